The number of carbonyl (C=O) groups is 1. The lowest BCUT2D eigenvalue weighted by Crippen LogP contribution is -2.02. The van der Waals surface area contributed by atoms with E-state index in [-0.39, 0.29) is 5.97 Å². The van der Waals surface area contributed by atoms with Crippen LogP contribution in [0.4, 0.5) is 0 Å². The molecule has 0 radical (unpaired) electrons. The topological polar surface area (TPSA) is 56.5 Å². The Balaban J connectivity index is 2.22. The fourth-order valence-electron chi connectivity index (χ4n) is 2.16. The van der Waals surface area contributed by atoms with E-state index < -0.39 is 0 Å². The van der Waals surface area contributed by atoms with Crippen LogP contribution in [0.3, 0.4) is 0 Å². The lowest BCUT2D eigenvalue weighted by atomic mass is 10.0. The first-order chi connectivity index (χ1) is 10.1. The Hall–Kier alpha value is -2.21. The first kappa shape index (κ1) is 13.8. The van der Waals surface area contributed by atoms with Crippen molar-refractivity contribution >= 4 is 27.5 Å². The first-order valence-corrected chi connectivity index (χ1v) is 7.09. The molecule has 0 saturated heterocycles. The predicted molar refractivity (Wildman–Crippen MR) is 82.2 cm³/mol. The van der Waals surface area contributed by atoms with E-state index in [4.69, 9.17) is 4.74 Å². The Labute approximate surface area is 129 Å². The summed E-state index contributed by atoms with van der Waals surface area (Å²) in [5.41, 5.74) is 3.10. The Morgan fingerprint density at radius 1 is 1.24 bits per heavy atom. The smallest absolute Gasteiger partial charge is 0.337 e. The van der Waals surface area contributed by atoms with Gasteiger partial charge in [0.15, 0.2) is 11.5 Å². The molecule has 106 valence electrons. The zero-order valence-corrected chi connectivity index (χ0v) is 13.1. The molecular weight excluding hydrogens is 334 g/mol. The van der Waals surface area contributed by atoms with Crippen LogP contribution in [-0.2, 0) is 4.74 Å². The van der Waals surface area contributed by atoms with Crippen molar-refractivity contribution in [3.05, 3.63) is 52.1 Å². The van der Waals surface area contributed by atoms with Gasteiger partial charge < -0.3 is 4.74 Å². The molecule has 2 aromatic heterocycles. The second-order valence-electron chi connectivity index (χ2n) is 4.62. The van der Waals surface area contributed by atoms with Crippen molar-refractivity contribution in [1.29, 1.82) is 0 Å². The summed E-state index contributed by atoms with van der Waals surface area (Å²) >= 11 is 3.44. The van der Waals surface area contributed by atoms with Gasteiger partial charge in [-0.15, -0.1) is 10.2 Å². The monoisotopic (exact) mass is 345 g/mol. The minimum Gasteiger partial charge on any atom is -0.465 e. The maximum absolute atomic E-state index is 11.7. The van der Waals surface area contributed by atoms with Gasteiger partial charge in [-0.05, 0) is 52.7 Å². The van der Waals surface area contributed by atoms with Crippen molar-refractivity contribution in [2.75, 3.05) is 7.11 Å². The number of ether oxygens (including phenoxy) is 1. The number of nitrogens with zero attached hydrogens (tertiary/aromatic N) is 3. The fraction of sp³-hybridized carbons (Fsp3) is 0.133. The van der Waals surface area contributed by atoms with Crippen LogP contribution in [0.1, 0.15) is 15.9 Å². The number of hydrogen-bond acceptors (Lipinski definition) is 4. The van der Waals surface area contributed by atoms with Gasteiger partial charge in [0.1, 0.15) is 0 Å². The number of esters is 1. The molecule has 0 unspecified atom stereocenters. The molecule has 3 aromatic rings. The van der Waals surface area contributed by atoms with E-state index in [1.54, 1.807) is 12.1 Å². The van der Waals surface area contributed by atoms with Crippen molar-refractivity contribution in [2.45, 2.75) is 6.92 Å². The number of pyridine rings is 1. The van der Waals surface area contributed by atoms with E-state index in [1.165, 1.54) is 7.11 Å². The summed E-state index contributed by atoms with van der Waals surface area (Å²) in [6.45, 7) is 1.97. The molecule has 0 spiro atoms. The van der Waals surface area contributed by atoms with E-state index in [9.17, 15) is 4.79 Å². The Kier molecular flexibility index (Phi) is 3.47. The number of fused-ring (bicyclic) bond motifs is 1. The minimum absolute atomic E-state index is 0.369. The van der Waals surface area contributed by atoms with Crippen molar-refractivity contribution < 1.29 is 9.53 Å². The molecule has 0 amide bonds. The number of carbonyl (C=O) groups excluding carboxylic acids is 1. The van der Waals surface area contributed by atoms with Gasteiger partial charge in [0.2, 0.25) is 0 Å². The number of aromatic nitrogens is 3. The molecule has 5 nitrogen and oxygen atoms in total. The van der Waals surface area contributed by atoms with Crippen molar-refractivity contribution in [3.8, 4) is 11.4 Å². The molecule has 0 aliphatic rings. The molecular formula is C15H12BrN3O2. The van der Waals surface area contributed by atoms with Crippen molar-refractivity contribution in [1.82, 2.24) is 14.6 Å². The molecule has 0 bridgehead atoms. The third-order valence-corrected chi connectivity index (χ3v) is 3.73. The molecule has 0 aliphatic carbocycles. The summed E-state index contributed by atoms with van der Waals surface area (Å²) in [6, 6.07) is 9.18. The van der Waals surface area contributed by atoms with Crippen molar-refractivity contribution in [3.63, 3.8) is 0 Å². The summed E-state index contributed by atoms with van der Waals surface area (Å²) in [7, 11) is 1.37. The van der Waals surface area contributed by atoms with E-state index in [0.717, 1.165) is 21.2 Å². The highest BCUT2D eigenvalue weighted by Crippen LogP contribution is 2.25. The normalized spacial score (nSPS) is 10.8. The Morgan fingerprint density at radius 3 is 2.81 bits per heavy atom. The quantitative estimate of drug-likeness (QED) is 0.669. The molecule has 0 N–H and O–H groups in total. The minimum atomic E-state index is -0.369. The molecule has 0 saturated carbocycles. The van der Waals surface area contributed by atoms with Crippen LogP contribution in [0.15, 0.2) is 41.0 Å². The van der Waals surface area contributed by atoms with Crippen LogP contribution in [0.25, 0.3) is 17.0 Å². The van der Waals surface area contributed by atoms with Gasteiger partial charge in [-0.25, -0.2) is 4.79 Å². The van der Waals surface area contributed by atoms with Gasteiger partial charge >= 0.3 is 5.97 Å². The summed E-state index contributed by atoms with van der Waals surface area (Å²) in [5.74, 6) is 0.320. The largest absolute Gasteiger partial charge is 0.465 e. The zero-order chi connectivity index (χ0) is 15.0. The lowest BCUT2D eigenvalue weighted by Gasteiger charge is -2.07. The maximum atomic E-state index is 11.7. The highest BCUT2D eigenvalue weighted by molar-refractivity contribution is 9.10. The highest BCUT2D eigenvalue weighted by Gasteiger charge is 2.14. The van der Waals surface area contributed by atoms with Crippen LogP contribution in [-0.4, -0.2) is 27.7 Å². The summed E-state index contributed by atoms with van der Waals surface area (Å²) in [5, 5.41) is 8.38. The third-order valence-electron chi connectivity index (χ3n) is 3.27. The molecule has 0 atom stereocenters. The second-order valence-corrected chi connectivity index (χ2v) is 5.54. The fourth-order valence-corrected chi connectivity index (χ4v) is 2.49. The average Bonchev–Trinajstić information content (AvgIpc) is 2.90. The summed E-state index contributed by atoms with van der Waals surface area (Å²) in [6.07, 6.45) is 1.90. The van der Waals surface area contributed by atoms with Gasteiger partial charge in [0.05, 0.1) is 12.7 Å². The van der Waals surface area contributed by atoms with Gasteiger partial charge in [-0.1, -0.05) is 6.07 Å². The summed E-state index contributed by atoms with van der Waals surface area (Å²) < 4.78 is 7.58. The van der Waals surface area contributed by atoms with E-state index in [2.05, 4.69) is 26.1 Å². The van der Waals surface area contributed by atoms with Crippen LogP contribution >= 0.6 is 15.9 Å². The Bertz CT molecular complexity index is 842. The average molecular weight is 346 g/mol. The SMILES string of the molecule is COC(=O)c1ccc(C)c(-c2nnc3ccc(Br)cn23)c1. The molecule has 1 aromatic carbocycles. The highest BCUT2D eigenvalue weighted by atomic mass is 79.9. The number of aryl methyl sites for hydroxylation is 1. The standard InChI is InChI=1S/C15H12BrN3O2/c1-9-3-4-10(15(20)21-2)7-12(9)14-18-17-13-6-5-11(16)8-19(13)14/h3-8H,1-2H3. The van der Waals surface area contributed by atoms with Crippen LogP contribution in [0.2, 0.25) is 0 Å². The molecule has 3 rings (SSSR count). The molecule has 21 heavy (non-hydrogen) atoms. The lowest BCUT2D eigenvalue weighted by molar-refractivity contribution is 0.0601. The van der Waals surface area contributed by atoms with E-state index in [0.29, 0.717) is 11.4 Å². The zero-order valence-electron chi connectivity index (χ0n) is 11.5. The summed E-state index contributed by atoms with van der Waals surface area (Å²) in [4.78, 5) is 11.7. The van der Waals surface area contributed by atoms with E-state index in [1.807, 2.05) is 35.7 Å². The van der Waals surface area contributed by atoms with Crippen LogP contribution < -0.4 is 0 Å². The van der Waals surface area contributed by atoms with Crippen LogP contribution in [0, 0.1) is 6.92 Å². The van der Waals surface area contributed by atoms with Gasteiger partial charge in [0, 0.05) is 16.2 Å². The molecule has 0 aliphatic heterocycles. The Morgan fingerprint density at radius 2 is 2.05 bits per heavy atom. The van der Waals surface area contributed by atoms with Gasteiger partial charge in [0.25, 0.3) is 0 Å². The number of benzene rings is 1. The van der Waals surface area contributed by atoms with Crippen molar-refractivity contribution in [2.24, 2.45) is 0 Å². The molecule has 2 heterocycles. The molecule has 0 fully saturated rings. The number of rotatable bonds is 2. The van der Waals surface area contributed by atoms with Crippen LogP contribution in [0.5, 0.6) is 0 Å². The number of hydrogen-bond donors (Lipinski definition) is 0. The number of methoxy groups -OCH3 is 1. The predicted octanol–water partition coefficient (Wildman–Crippen LogP) is 3.25. The third kappa shape index (κ3) is 2.42. The van der Waals surface area contributed by atoms with E-state index >= 15 is 0 Å². The first-order valence-electron chi connectivity index (χ1n) is 6.30. The molecule has 6 heteroatoms. The van der Waals surface area contributed by atoms with Gasteiger partial charge in [-0.2, -0.15) is 0 Å². The second kappa shape index (κ2) is 5.29. The number of halogens is 1. The maximum Gasteiger partial charge on any atom is 0.337 e. The van der Waals surface area contributed by atoms with Gasteiger partial charge in [-0.3, -0.25) is 4.40 Å².